The van der Waals surface area contributed by atoms with Gasteiger partial charge in [0.05, 0.1) is 6.20 Å². The van der Waals surface area contributed by atoms with Gasteiger partial charge >= 0.3 is 0 Å². The van der Waals surface area contributed by atoms with Gasteiger partial charge in [0.2, 0.25) is 5.91 Å². The molecule has 1 saturated heterocycles. The highest BCUT2D eigenvalue weighted by molar-refractivity contribution is 5.85. The van der Waals surface area contributed by atoms with Gasteiger partial charge in [-0.05, 0) is 36.2 Å². The molecule has 2 heterocycles. The van der Waals surface area contributed by atoms with Crippen molar-refractivity contribution in [3.05, 3.63) is 48.3 Å². The number of amides is 1. The van der Waals surface area contributed by atoms with Gasteiger partial charge in [-0.1, -0.05) is 18.2 Å². The number of hydrogen-bond acceptors (Lipinski definition) is 4. The maximum Gasteiger partial charge on any atom is 0.217 e. The van der Waals surface area contributed by atoms with Crippen LogP contribution in [0.25, 0.3) is 11.1 Å². The first-order chi connectivity index (χ1) is 11.2. The van der Waals surface area contributed by atoms with Crippen LogP contribution in [0.1, 0.15) is 18.9 Å². The molecule has 0 bridgehead atoms. The van der Waals surface area contributed by atoms with E-state index in [1.54, 1.807) is 6.20 Å². The Bertz CT molecular complexity index is 689. The zero-order valence-electron chi connectivity index (χ0n) is 13.6. The minimum absolute atomic E-state index is 0. The third-order valence-electron chi connectivity index (χ3n) is 3.89. The third kappa shape index (κ3) is 4.94. The molecule has 1 fully saturated rings. The van der Waals surface area contributed by atoms with Gasteiger partial charge in [0, 0.05) is 31.3 Å². The number of aromatic nitrogens is 1. The van der Waals surface area contributed by atoms with Crippen molar-refractivity contribution < 1.29 is 9.53 Å². The molecule has 24 heavy (non-hydrogen) atoms. The highest BCUT2D eigenvalue weighted by Gasteiger charge is 2.16. The van der Waals surface area contributed by atoms with Gasteiger partial charge in [-0.15, -0.1) is 12.4 Å². The van der Waals surface area contributed by atoms with Gasteiger partial charge in [0.25, 0.3) is 0 Å². The molecule has 1 atom stereocenters. The van der Waals surface area contributed by atoms with Crippen LogP contribution in [-0.4, -0.2) is 30.1 Å². The predicted octanol–water partition coefficient (Wildman–Crippen LogP) is 2.55. The van der Waals surface area contributed by atoms with Gasteiger partial charge in [-0.25, -0.2) is 0 Å². The van der Waals surface area contributed by atoms with Gasteiger partial charge in [-0.3, -0.25) is 9.78 Å². The topological polar surface area (TPSA) is 63.2 Å². The zero-order chi connectivity index (χ0) is 16.1. The van der Waals surface area contributed by atoms with Crippen molar-refractivity contribution >= 4 is 18.3 Å². The van der Waals surface area contributed by atoms with Crippen LogP contribution in [-0.2, 0) is 11.3 Å². The molecular weight excluding hydrogens is 326 g/mol. The number of halogens is 1. The number of nitrogens with one attached hydrogen (secondary N) is 2. The monoisotopic (exact) mass is 347 g/mol. The molecule has 0 aliphatic carbocycles. The molecule has 1 aliphatic heterocycles. The summed E-state index contributed by atoms with van der Waals surface area (Å²) in [4.78, 5) is 15.3. The summed E-state index contributed by atoms with van der Waals surface area (Å²) in [6.07, 6.45) is 4.73. The summed E-state index contributed by atoms with van der Waals surface area (Å²) in [6.45, 7) is 3.80. The molecule has 0 unspecified atom stereocenters. The number of carbonyl (C=O) groups is 1. The van der Waals surface area contributed by atoms with E-state index in [0.29, 0.717) is 19.2 Å². The molecule has 128 valence electrons. The molecule has 5 nitrogen and oxygen atoms in total. The number of rotatable bonds is 6. The van der Waals surface area contributed by atoms with E-state index in [0.717, 1.165) is 35.4 Å². The highest BCUT2D eigenvalue weighted by Crippen LogP contribution is 2.24. The summed E-state index contributed by atoms with van der Waals surface area (Å²) in [5.74, 6) is 0.750. The Hall–Kier alpha value is -2.11. The number of pyridine rings is 1. The van der Waals surface area contributed by atoms with E-state index in [9.17, 15) is 4.79 Å². The minimum atomic E-state index is -0.0305. The Morgan fingerprint density at radius 3 is 2.88 bits per heavy atom. The van der Waals surface area contributed by atoms with E-state index >= 15 is 0 Å². The van der Waals surface area contributed by atoms with Crippen molar-refractivity contribution in [1.29, 1.82) is 0 Å². The van der Waals surface area contributed by atoms with Crippen molar-refractivity contribution in [1.82, 2.24) is 15.6 Å². The van der Waals surface area contributed by atoms with E-state index in [1.165, 1.54) is 6.92 Å². The summed E-state index contributed by atoms with van der Waals surface area (Å²) in [6, 6.07) is 10.5. The third-order valence-corrected chi connectivity index (χ3v) is 3.89. The first-order valence-corrected chi connectivity index (χ1v) is 7.86. The van der Waals surface area contributed by atoms with Crippen LogP contribution < -0.4 is 15.4 Å². The smallest absolute Gasteiger partial charge is 0.217 e. The molecule has 2 aromatic rings. The van der Waals surface area contributed by atoms with Crippen LogP contribution in [0.4, 0.5) is 0 Å². The standard InChI is InChI=1S/C18H21N3O2.ClH/c1-13(22)21-9-14-3-2-4-15(7-14)16-8-18(11-19-10-16)23-12-17-5-6-20-17;/h2-4,7-8,10-11,17,20H,5-6,9,12H2,1H3,(H,21,22);1H/t17-;/m0./s1. The number of hydrogen-bond donors (Lipinski definition) is 2. The first-order valence-electron chi connectivity index (χ1n) is 7.86. The molecule has 6 heteroatoms. The second kappa shape index (κ2) is 8.66. The van der Waals surface area contributed by atoms with Crippen LogP contribution in [0.3, 0.4) is 0 Å². The Morgan fingerprint density at radius 2 is 2.17 bits per heavy atom. The molecule has 2 N–H and O–H groups in total. The zero-order valence-corrected chi connectivity index (χ0v) is 14.4. The maximum absolute atomic E-state index is 11.0. The molecule has 1 amide bonds. The first kappa shape index (κ1) is 18.2. The second-order valence-corrected chi connectivity index (χ2v) is 5.77. The molecule has 3 rings (SSSR count). The van der Waals surface area contributed by atoms with Crippen LogP contribution in [0.5, 0.6) is 5.75 Å². The van der Waals surface area contributed by atoms with Crippen molar-refractivity contribution in [2.75, 3.05) is 13.2 Å². The summed E-state index contributed by atoms with van der Waals surface area (Å²) < 4.78 is 5.80. The van der Waals surface area contributed by atoms with Crippen LogP contribution in [0.2, 0.25) is 0 Å². The van der Waals surface area contributed by atoms with Crippen molar-refractivity contribution in [3.63, 3.8) is 0 Å². The number of nitrogens with zero attached hydrogens (tertiary/aromatic N) is 1. The van der Waals surface area contributed by atoms with Crippen molar-refractivity contribution in [2.45, 2.75) is 25.9 Å². The van der Waals surface area contributed by atoms with E-state index in [1.807, 2.05) is 30.5 Å². The summed E-state index contributed by atoms with van der Waals surface area (Å²) >= 11 is 0. The van der Waals surface area contributed by atoms with E-state index < -0.39 is 0 Å². The molecule has 0 spiro atoms. The number of benzene rings is 1. The normalized spacial score (nSPS) is 15.8. The van der Waals surface area contributed by atoms with Crippen LogP contribution >= 0.6 is 12.4 Å². The van der Waals surface area contributed by atoms with Gasteiger partial charge < -0.3 is 15.4 Å². The Kier molecular flexibility index (Phi) is 6.58. The lowest BCUT2D eigenvalue weighted by Gasteiger charge is -2.27. The van der Waals surface area contributed by atoms with E-state index in [-0.39, 0.29) is 18.3 Å². The van der Waals surface area contributed by atoms with Gasteiger partial charge in [0.15, 0.2) is 0 Å². The fourth-order valence-corrected chi connectivity index (χ4v) is 2.43. The Balaban J connectivity index is 0.00000208. The summed E-state index contributed by atoms with van der Waals surface area (Å²) in [5.41, 5.74) is 3.13. The minimum Gasteiger partial charge on any atom is -0.490 e. The van der Waals surface area contributed by atoms with E-state index in [2.05, 4.69) is 21.7 Å². The maximum atomic E-state index is 11.0. The predicted molar refractivity (Wildman–Crippen MR) is 96.3 cm³/mol. The Labute approximate surface area is 148 Å². The SMILES string of the molecule is CC(=O)NCc1cccc(-c2cncc(OC[C@@H]3CCN3)c2)c1.Cl. The quantitative estimate of drug-likeness (QED) is 0.843. The van der Waals surface area contributed by atoms with Crippen LogP contribution in [0.15, 0.2) is 42.7 Å². The molecular formula is C18H22ClN3O2. The van der Waals surface area contributed by atoms with Crippen molar-refractivity contribution in [2.24, 2.45) is 0 Å². The molecule has 1 aromatic heterocycles. The van der Waals surface area contributed by atoms with Gasteiger partial charge in [0.1, 0.15) is 12.4 Å². The Morgan fingerprint density at radius 1 is 1.33 bits per heavy atom. The highest BCUT2D eigenvalue weighted by atomic mass is 35.5. The fourth-order valence-electron chi connectivity index (χ4n) is 2.43. The number of carbonyl (C=O) groups excluding carboxylic acids is 1. The average Bonchev–Trinajstić information content (AvgIpc) is 2.52. The number of ether oxygens (including phenoxy) is 1. The molecule has 1 aromatic carbocycles. The largest absolute Gasteiger partial charge is 0.490 e. The summed E-state index contributed by atoms with van der Waals surface area (Å²) in [5, 5.41) is 6.12. The molecule has 1 aliphatic rings. The lowest BCUT2D eigenvalue weighted by Crippen LogP contribution is -2.46. The lowest BCUT2D eigenvalue weighted by molar-refractivity contribution is -0.119. The van der Waals surface area contributed by atoms with E-state index in [4.69, 9.17) is 4.74 Å². The molecule has 0 saturated carbocycles. The summed E-state index contributed by atoms with van der Waals surface area (Å²) in [7, 11) is 0. The molecule has 0 radical (unpaired) electrons. The van der Waals surface area contributed by atoms with Crippen molar-refractivity contribution in [3.8, 4) is 16.9 Å². The lowest BCUT2D eigenvalue weighted by atomic mass is 10.0. The van der Waals surface area contributed by atoms with Crippen LogP contribution in [0, 0.1) is 0 Å². The average molecular weight is 348 g/mol. The fraction of sp³-hybridized carbons (Fsp3) is 0.333. The van der Waals surface area contributed by atoms with Gasteiger partial charge in [-0.2, -0.15) is 0 Å². The second-order valence-electron chi connectivity index (χ2n) is 5.77.